The molecule has 3 N–H and O–H groups in total. The number of piperidine rings is 1. The van der Waals surface area contributed by atoms with E-state index in [1.807, 2.05) is 0 Å². The van der Waals surface area contributed by atoms with Gasteiger partial charge in [-0.1, -0.05) is 6.07 Å². The minimum atomic E-state index is -3.65. The van der Waals surface area contributed by atoms with Crippen molar-refractivity contribution >= 4 is 15.9 Å². The van der Waals surface area contributed by atoms with Crippen LogP contribution in [-0.4, -0.2) is 53.2 Å². The molecule has 1 aromatic carbocycles. The number of carbonyl (C=O) groups excluding carboxylic acids is 1. The Balaban J connectivity index is 1.61. The maximum atomic E-state index is 12.6. The number of amides is 1. The predicted molar refractivity (Wildman–Crippen MR) is 98.5 cm³/mol. The highest BCUT2D eigenvalue weighted by atomic mass is 32.2. The van der Waals surface area contributed by atoms with Crippen LogP contribution in [0.25, 0.3) is 0 Å². The maximum Gasteiger partial charge on any atom is 0.251 e. The van der Waals surface area contributed by atoms with Crippen LogP contribution in [0.3, 0.4) is 0 Å². The predicted octanol–water partition coefficient (Wildman–Crippen LogP) is 0.873. The van der Waals surface area contributed by atoms with E-state index >= 15 is 0 Å². The van der Waals surface area contributed by atoms with Gasteiger partial charge in [-0.15, -0.1) is 0 Å². The first-order valence-electron chi connectivity index (χ1n) is 9.24. The Hall–Kier alpha value is -1.48. The minimum absolute atomic E-state index is 0.119. The van der Waals surface area contributed by atoms with Gasteiger partial charge in [0.15, 0.2) is 0 Å². The van der Waals surface area contributed by atoms with Crippen LogP contribution in [0.5, 0.6) is 0 Å². The van der Waals surface area contributed by atoms with Gasteiger partial charge in [0, 0.05) is 31.4 Å². The summed E-state index contributed by atoms with van der Waals surface area (Å²) in [4.78, 5) is 12.5. The van der Waals surface area contributed by atoms with Crippen LogP contribution in [0.1, 0.15) is 36.0 Å². The van der Waals surface area contributed by atoms with Crippen molar-refractivity contribution in [2.75, 3.05) is 32.8 Å². The molecule has 0 bridgehead atoms. The van der Waals surface area contributed by atoms with Gasteiger partial charge in [0.2, 0.25) is 10.0 Å². The smallest absolute Gasteiger partial charge is 0.251 e. The molecule has 2 heterocycles. The van der Waals surface area contributed by atoms with Crippen molar-refractivity contribution in [2.45, 2.75) is 36.6 Å². The van der Waals surface area contributed by atoms with Gasteiger partial charge in [-0.05, 0) is 62.9 Å². The van der Waals surface area contributed by atoms with Crippen molar-refractivity contribution in [1.82, 2.24) is 15.4 Å². The van der Waals surface area contributed by atoms with Crippen LogP contribution in [0.2, 0.25) is 0 Å². The first-order valence-corrected chi connectivity index (χ1v) is 10.7. The standard InChI is InChI=1S/C18H27N3O4S/c22-18(20-13-14-4-8-19-9-5-14)15-2-1-3-17(12-15)26(23,24)21-16-6-10-25-11-7-16/h1-3,12,14,16,19,21H,4-11,13H2,(H,20,22). The van der Waals surface area contributed by atoms with Crippen molar-refractivity contribution in [2.24, 2.45) is 5.92 Å². The number of hydrogen-bond donors (Lipinski definition) is 3. The molecule has 7 nitrogen and oxygen atoms in total. The monoisotopic (exact) mass is 381 g/mol. The van der Waals surface area contributed by atoms with Crippen molar-refractivity contribution in [1.29, 1.82) is 0 Å². The molecule has 26 heavy (non-hydrogen) atoms. The molecule has 2 fully saturated rings. The molecule has 2 saturated heterocycles. The van der Waals surface area contributed by atoms with E-state index in [2.05, 4.69) is 15.4 Å². The van der Waals surface area contributed by atoms with E-state index in [0.29, 0.717) is 44.1 Å². The first kappa shape index (κ1) is 19.3. The third-order valence-corrected chi connectivity index (χ3v) is 6.48. The van der Waals surface area contributed by atoms with E-state index in [1.54, 1.807) is 12.1 Å². The highest BCUT2D eigenvalue weighted by Crippen LogP contribution is 2.16. The summed E-state index contributed by atoms with van der Waals surface area (Å²) in [6.07, 6.45) is 3.42. The fourth-order valence-electron chi connectivity index (χ4n) is 3.33. The van der Waals surface area contributed by atoms with Gasteiger partial charge in [0.1, 0.15) is 0 Å². The van der Waals surface area contributed by atoms with E-state index in [-0.39, 0.29) is 16.8 Å². The number of hydrogen-bond acceptors (Lipinski definition) is 5. The van der Waals surface area contributed by atoms with E-state index in [0.717, 1.165) is 25.9 Å². The minimum Gasteiger partial charge on any atom is -0.381 e. The molecule has 0 aromatic heterocycles. The molecule has 3 rings (SSSR count). The number of sulfonamides is 1. The van der Waals surface area contributed by atoms with Crippen LogP contribution < -0.4 is 15.4 Å². The largest absolute Gasteiger partial charge is 0.381 e. The Labute approximate surface area is 154 Å². The Morgan fingerprint density at radius 3 is 2.62 bits per heavy atom. The first-order chi connectivity index (χ1) is 12.5. The zero-order valence-electron chi connectivity index (χ0n) is 14.9. The van der Waals surface area contributed by atoms with Crippen molar-refractivity contribution < 1.29 is 17.9 Å². The summed E-state index contributed by atoms with van der Waals surface area (Å²) in [7, 11) is -3.65. The van der Waals surface area contributed by atoms with E-state index < -0.39 is 10.0 Å². The van der Waals surface area contributed by atoms with E-state index in [1.165, 1.54) is 12.1 Å². The van der Waals surface area contributed by atoms with Gasteiger partial charge in [-0.25, -0.2) is 13.1 Å². The number of carbonyl (C=O) groups is 1. The number of benzene rings is 1. The molecule has 2 aliphatic rings. The number of ether oxygens (including phenoxy) is 1. The summed E-state index contributed by atoms with van der Waals surface area (Å²) >= 11 is 0. The normalized spacial score (nSPS) is 20.0. The Morgan fingerprint density at radius 2 is 1.88 bits per heavy atom. The summed E-state index contributed by atoms with van der Waals surface area (Å²) in [5.74, 6) is 0.244. The molecular formula is C18H27N3O4S. The van der Waals surface area contributed by atoms with Crippen LogP contribution in [0.4, 0.5) is 0 Å². The molecular weight excluding hydrogens is 354 g/mol. The fourth-order valence-corrected chi connectivity index (χ4v) is 4.68. The Kier molecular flexibility index (Phi) is 6.63. The second-order valence-electron chi connectivity index (χ2n) is 6.94. The zero-order chi connectivity index (χ0) is 18.4. The van der Waals surface area contributed by atoms with Gasteiger partial charge in [0.05, 0.1) is 4.90 Å². The van der Waals surface area contributed by atoms with Gasteiger partial charge in [-0.2, -0.15) is 0 Å². The maximum absolute atomic E-state index is 12.6. The summed E-state index contributed by atoms with van der Waals surface area (Å²) < 4.78 is 33.2. The summed E-state index contributed by atoms with van der Waals surface area (Å²) in [5, 5.41) is 6.23. The summed E-state index contributed by atoms with van der Waals surface area (Å²) in [6.45, 7) is 3.70. The highest BCUT2D eigenvalue weighted by molar-refractivity contribution is 7.89. The Morgan fingerprint density at radius 1 is 1.15 bits per heavy atom. The van der Waals surface area contributed by atoms with Crippen molar-refractivity contribution in [3.8, 4) is 0 Å². The zero-order valence-corrected chi connectivity index (χ0v) is 15.7. The van der Waals surface area contributed by atoms with Crippen molar-refractivity contribution in [3.05, 3.63) is 29.8 Å². The van der Waals surface area contributed by atoms with Crippen LogP contribution in [0, 0.1) is 5.92 Å². The lowest BCUT2D eigenvalue weighted by molar-refractivity contribution is 0.0832. The molecule has 2 aliphatic heterocycles. The van der Waals surface area contributed by atoms with Gasteiger partial charge in [0.25, 0.3) is 5.91 Å². The quantitative estimate of drug-likeness (QED) is 0.680. The fraction of sp³-hybridized carbons (Fsp3) is 0.611. The van der Waals surface area contributed by atoms with Crippen LogP contribution >= 0.6 is 0 Å². The third kappa shape index (κ3) is 5.26. The second kappa shape index (κ2) is 8.94. The lowest BCUT2D eigenvalue weighted by Gasteiger charge is -2.23. The third-order valence-electron chi connectivity index (χ3n) is 4.96. The molecule has 1 amide bonds. The van der Waals surface area contributed by atoms with Gasteiger partial charge in [-0.3, -0.25) is 4.79 Å². The van der Waals surface area contributed by atoms with Gasteiger partial charge >= 0.3 is 0 Å². The molecule has 0 radical (unpaired) electrons. The molecule has 0 saturated carbocycles. The molecule has 1 aromatic rings. The van der Waals surface area contributed by atoms with E-state index in [9.17, 15) is 13.2 Å². The van der Waals surface area contributed by atoms with Crippen LogP contribution in [0.15, 0.2) is 29.2 Å². The molecule has 0 aliphatic carbocycles. The Bertz CT molecular complexity index is 711. The molecule has 0 atom stereocenters. The summed E-state index contributed by atoms with van der Waals surface area (Å²) in [5.41, 5.74) is 0.369. The average molecular weight is 381 g/mol. The highest BCUT2D eigenvalue weighted by Gasteiger charge is 2.23. The topological polar surface area (TPSA) is 96.5 Å². The number of rotatable bonds is 6. The average Bonchev–Trinajstić information content (AvgIpc) is 2.67. The second-order valence-corrected chi connectivity index (χ2v) is 8.65. The number of nitrogens with one attached hydrogen (secondary N) is 3. The van der Waals surface area contributed by atoms with Gasteiger partial charge < -0.3 is 15.4 Å². The van der Waals surface area contributed by atoms with Crippen LogP contribution in [-0.2, 0) is 14.8 Å². The van der Waals surface area contributed by atoms with Crippen molar-refractivity contribution in [3.63, 3.8) is 0 Å². The van der Waals surface area contributed by atoms with E-state index in [4.69, 9.17) is 4.74 Å². The molecule has 144 valence electrons. The lowest BCUT2D eigenvalue weighted by atomic mass is 9.98. The molecule has 0 unspecified atom stereocenters. The molecule has 8 heteroatoms. The summed E-state index contributed by atoms with van der Waals surface area (Å²) in [6, 6.07) is 6.10. The lowest BCUT2D eigenvalue weighted by Crippen LogP contribution is -2.39. The SMILES string of the molecule is O=C(NCC1CCNCC1)c1cccc(S(=O)(=O)NC2CCOCC2)c1. The molecule has 0 spiro atoms.